The van der Waals surface area contributed by atoms with Gasteiger partial charge in [-0.1, -0.05) is 11.2 Å². The van der Waals surface area contributed by atoms with E-state index in [1.165, 1.54) is 11.3 Å². The van der Waals surface area contributed by atoms with Crippen LogP contribution in [-0.4, -0.2) is 17.3 Å². The van der Waals surface area contributed by atoms with Gasteiger partial charge in [0.1, 0.15) is 5.76 Å². The first-order valence-corrected chi connectivity index (χ1v) is 5.44. The summed E-state index contributed by atoms with van der Waals surface area (Å²) in [6.45, 7) is 1.72. The molecule has 0 aliphatic heterocycles. The second-order valence-electron chi connectivity index (χ2n) is 3.04. The number of aromatic nitrogens is 1. The van der Waals surface area contributed by atoms with Crippen LogP contribution in [-0.2, 0) is 0 Å². The number of rotatable bonds is 3. The number of carbonyl (C=O) groups excluding carboxylic acids is 1. The molecule has 2 heterocycles. The lowest BCUT2D eigenvalue weighted by Gasteiger charge is -1.92. The third-order valence-corrected chi connectivity index (χ3v) is 2.57. The van der Waals surface area contributed by atoms with Crippen molar-refractivity contribution in [3.8, 4) is 0 Å². The van der Waals surface area contributed by atoms with E-state index in [9.17, 15) is 4.79 Å². The maximum atomic E-state index is 11.4. The van der Waals surface area contributed by atoms with Crippen molar-refractivity contribution in [1.82, 2.24) is 10.6 Å². The zero-order valence-corrected chi connectivity index (χ0v) is 9.32. The first-order valence-electron chi connectivity index (χ1n) is 4.56. The number of hydrogen-bond donors (Lipinski definition) is 1. The average Bonchev–Trinajstić information content (AvgIpc) is 2.89. The minimum absolute atomic E-state index is 0.223. The zero-order chi connectivity index (χ0) is 11.4. The first kappa shape index (κ1) is 10.6. The van der Waals surface area contributed by atoms with E-state index in [2.05, 4.69) is 15.7 Å². The van der Waals surface area contributed by atoms with Crippen molar-refractivity contribution >= 4 is 23.5 Å². The fraction of sp³-hybridized carbons (Fsp3) is 0.100. The molecule has 0 saturated heterocycles. The van der Waals surface area contributed by atoms with Crippen molar-refractivity contribution in [2.45, 2.75) is 6.92 Å². The zero-order valence-electron chi connectivity index (χ0n) is 8.51. The third-order valence-electron chi connectivity index (χ3n) is 1.76. The van der Waals surface area contributed by atoms with Gasteiger partial charge in [-0.15, -0.1) is 11.3 Å². The molecular formula is C10H9N3O2S. The number of amides is 1. The largest absolute Gasteiger partial charge is 0.361 e. The Morgan fingerprint density at radius 3 is 3.19 bits per heavy atom. The van der Waals surface area contributed by atoms with Crippen LogP contribution in [0.25, 0.3) is 0 Å². The van der Waals surface area contributed by atoms with E-state index in [-0.39, 0.29) is 11.6 Å². The highest BCUT2D eigenvalue weighted by Crippen LogP contribution is 2.04. The fourth-order valence-corrected chi connectivity index (χ4v) is 1.63. The predicted molar refractivity (Wildman–Crippen MR) is 60.6 cm³/mol. The van der Waals surface area contributed by atoms with Gasteiger partial charge in [0.05, 0.1) is 6.21 Å². The number of aryl methyl sites for hydroxylation is 1. The molecule has 0 fully saturated rings. The average molecular weight is 235 g/mol. The maximum Gasteiger partial charge on any atom is 0.293 e. The molecule has 0 bridgehead atoms. The second kappa shape index (κ2) is 4.71. The van der Waals surface area contributed by atoms with Gasteiger partial charge in [0.2, 0.25) is 0 Å². The van der Waals surface area contributed by atoms with Gasteiger partial charge in [-0.25, -0.2) is 5.43 Å². The van der Waals surface area contributed by atoms with E-state index < -0.39 is 0 Å². The van der Waals surface area contributed by atoms with Crippen molar-refractivity contribution < 1.29 is 9.32 Å². The summed E-state index contributed by atoms with van der Waals surface area (Å²) in [4.78, 5) is 12.4. The Bertz CT molecular complexity index is 502. The highest BCUT2D eigenvalue weighted by molar-refractivity contribution is 7.11. The molecule has 5 nitrogen and oxygen atoms in total. The van der Waals surface area contributed by atoms with Gasteiger partial charge < -0.3 is 4.52 Å². The lowest BCUT2D eigenvalue weighted by molar-refractivity contribution is 0.0946. The van der Waals surface area contributed by atoms with Crippen LogP contribution in [0.2, 0.25) is 0 Å². The summed E-state index contributed by atoms with van der Waals surface area (Å²) in [5, 5.41) is 9.31. The van der Waals surface area contributed by atoms with Crippen molar-refractivity contribution in [3.05, 3.63) is 39.9 Å². The third kappa shape index (κ3) is 2.54. The minimum Gasteiger partial charge on any atom is -0.361 e. The summed E-state index contributed by atoms with van der Waals surface area (Å²) in [5.74, 6) is 0.206. The summed E-state index contributed by atoms with van der Waals surface area (Å²) in [6.07, 6.45) is 1.58. The van der Waals surface area contributed by atoms with Crippen LogP contribution in [0, 0.1) is 6.92 Å². The molecule has 1 N–H and O–H groups in total. The number of hydrazone groups is 1. The van der Waals surface area contributed by atoms with Crippen LogP contribution in [0.4, 0.5) is 0 Å². The van der Waals surface area contributed by atoms with Crippen molar-refractivity contribution in [2.75, 3.05) is 0 Å². The standard InChI is InChI=1S/C10H9N3O2S/c1-7-5-9(13-15-7)10(14)12-11-6-8-3-2-4-16-8/h2-6H,1H3,(H,12,14)/b11-6+. The molecule has 16 heavy (non-hydrogen) atoms. The molecule has 0 aromatic carbocycles. The topological polar surface area (TPSA) is 67.5 Å². The fourth-order valence-electron chi connectivity index (χ4n) is 1.05. The lowest BCUT2D eigenvalue weighted by atomic mass is 10.4. The summed E-state index contributed by atoms with van der Waals surface area (Å²) in [5.41, 5.74) is 2.59. The van der Waals surface area contributed by atoms with Crippen molar-refractivity contribution in [2.24, 2.45) is 5.10 Å². The monoisotopic (exact) mass is 235 g/mol. The van der Waals surface area contributed by atoms with Crippen LogP contribution in [0.1, 0.15) is 21.1 Å². The molecule has 0 spiro atoms. The van der Waals surface area contributed by atoms with E-state index in [0.29, 0.717) is 5.76 Å². The number of hydrogen-bond acceptors (Lipinski definition) is 5. The van der Waals surface area contributed by atoms with Crippen molar-refractivity contribution in [1.29, 1.82) is 0 Å². The molecule has 0 aliphatic rings. The van der Waals surface area contributed by atoms with Crippen LogP contribution < -0.4 is 5.43 Å². The highest BCUT2D eigenvalue weighted by atomic mass is 32.1. The molecule has 0 atom stereocenters. The molecule has 2 aromatic heterocycles. The minimum atomic E-state index is -0.385. The number of nitrogens with zero attached hydrogens (tertiary/aromatic N) is 2. The lowest BCUT2D eigenvalue weighted by Crippen LogP contribution is -2.17. The molecule has 0 unspecified atom stereocenters. The Balaban J connectivity index is 1.94. The van der Waals surface area contributed by atoms with Gasteiger partial charge >= 0.3 is 0 Å². The van der Waals surface area contributed by atoms with E-state index in [0.717, 1.165) is 4.88 Å². The van der Waals surface area contributed by atoms with Gasteiger partial charge in [0.25, 0.3) is 5.91 Å². The Kier molecular flexibility index (Phi) is 3.11. The van der Waals surface area contributed by atoms with Crippen molar-refractivity contribution in [3.63, 3.8) is 0 Å². The second-order valence-corrected chi connectivity index (χ2v) is 4.02. The summed E-state index contributed by atoms with van der Waals surface area (Å²) < 4.78 is 4.78. The van der Waals surface area contributed by atoms with Gasteiger partial charge in [-0.2, -0.15) is 5.10 Å². The normalized spacial score (nSPS) is 10.8. The van der Waals surface area contributed by atoms with Gasteiger partial charge in [0.15, 0.2) is 5.69 Å². The van der Waals surface area contributed by atoms with Gasteiger partial charge in [-0.3, -0.25) is 4.79 Å². The van der Waals surface area contributed by atoms with E-state index in [1.807, 2.05) is 17.5 Å². The molecule has 1 amide bonds. The van der Waals surface area contributed by atoms with Crippen LogP contribution in [0.3, 0.4) is 0 Å². The first-order chi connectivity index (χ1) is 7.75. The van der Waals surface area contributed by atoms with Crippen LogP contribution in [0.5, 0.6) is 0 Å². The SMILES string of the molecule is Cc1cc(C(=O)N/N=C/c2cccs2)no1. The van der Waals surface area contributed by atoms with E-state index in [1.54, 1.807) is 19.2 Å². The van der Waals surface area contributed by atoms with Crippen LogP contribution >= 0.6 is 11.3 Å². The van der Waals surface area contributed by atoms with Gasteiger partial charge in [-0.05, 0) is 18.4 Å². The Hall–Kier alpha value is -1.95. The Morgan fingerprint density at radius 1 is 1.69 bits per heavy atom. The van der Waals surface area contributed by atoms with Gasteiger partial charge in [0, 0.05) is 10.9 Å². The summed E-state index contributed by atoms with van der Waals surface area (Å²) in [7, 11) is 0. The quantitative estimate of drug-likeness (QED) is 0.651. The van der Waals surface area contributed by atoms with E-state index >= 15 is 0 Å². The van der Waals surface area contributed by atoms with E-state index in [4.69, 9.17) is 4.52 Å². The molecule has 0 saturated carbocycles. The Labute approximate surface area is 95.8 Å². The van der Waals surface area contributed by atoms with Crippen LogP contribution in [0.15, 0.2) is 33.2 Å². The highest BCUT2D eigenvalue weighted by Gasteiger charge is 2.08. The molecule has 2 rings (SSSR count). The molecule has 0 aliphatic carbocycles. The summed E-state index contributed by atoms with van der Waals surface area (Å²) in [6, 6.07) is 5.37. The molecule has 6 heteroatoms. The predicted octanol–water partition coefficient (Wildman–Crippen LogP) is 1.81. The molecule has 82 valence electrons. The smallest absolute Gasteiger partial charge is 0.293 e. The number of nitrogens with one attached hydrogen (secondary N) is 1. The molecule has 0 radical (unpaired) electrons. The maximum absolute atomic E-state index is 11.4. The molecular weight excluding hydrogens is 226 g/mol. The molecule has 2 aromatic rings. The summed E-state index contributed by atoms with van der Waals surface area (Å²) >= 11 is 1.54. The number of thiophene rings is 1. The number of carbonyl (C=O) groups is 1. The Morgan fingerprint density at radius 2 is 2.56 bits per heavy atom.